The van der Waals surface area contributed by atoms with E-state index in [4.69, 9.17) is 0 Å². The molecule has 6 aliphatic rings. The Kier molecular flexibility index (Phi) is 6.43. The van der Waals surface area contributed by atoms with Gasteiger partial charge in [0.15, 0.2) is 0 Å². The average Bonchev–Trinajstić information content (AvgIpc) is 2.96. The minimum absolute atomic E-state index is 0.0741. The molecule has 2 N–H and O–H groups in total. The van der Waals surface area contributed by atoms with E-state index >= 15 is 0 Å². The van der Waals surface area contributed by atoms with Gasteiger partial charge in [0, 0.05) is 30.0 Å². The van der Waals surface area contributed by atoms with Gasteiger partial charge in [-0.05, 0) is 99.7 Å². The van der Waals surface area contributed by atoms with Crippen LogP contribution < -0.4 is 5.56 Å². The lowest BCUT2D eigenvalue weighted by Crippen LogP contribution is -2.59. The van der Waals surface area contributed by atoms with Gasteiger partial charge in [0.1, 0.15) is 5.69 Å². The standard InChI is InChI=1S/C30H40N3O4P/c34-30-28(11-12-38(35,36)37)31-27-9-1-2-10-29(27)33(30)25-17-22-6-4-7-23(18-25)32(22)24-14-19-5-3-8-26-20(13-19)15-21(26)16-24/h1-2,9-12,19-26H,3-8,13-18H2,(H2,35,36,37)/b12-11+. The minimum atomic E-state index is -4.39. The SMILES string of the molecule is O=c1c(/C=C/P(=O)(O)O)nc2ccccc2n1C1CC2CCCC(C1)N2C1CC2CCCC3C(C2)CC3C1. The van der Waals surface area contributed by atoms with Gasteiger partial charge in [-0.25, -0.2) is 4.98 Å². The first kappa shape index (κ1) is 25.2. The Bertz CT molecular complexity index is 1330. The molecule has 8 rings (SSSR count). The van der Waals surface area contributed by atoms with Crippen LogP contribution in [0.2, 0.25) is 0 Å². The number of piperidine rings is 2. The maximum absolute atomic E-state index is 13.7. The van der Waals surface area contributed by atoms with Crippen molar-refractivity contribution in [1.82, 2.24) is 14.5 Å². The molecule has 7 unspecified atom stereocenters. The van der Waals surface area contributed by atoms with Gasteiger partial charge < -0.3 is 14.4 Å². The molecule has 0 amide bonds. The Morgan fingerprint density at radius 2 is 1.58 bits per heavy atom. The van der Waals surface area contributed by atoms with Crippen LogP contribution >= 0.6 is 7.60 Å². The van der Waals surface area contributed by atoms with Crippen molar-refractivity contribution in [2.24, 2.45) is 23.7 Å². The molecular formula is C30H40N3O4P. The molecule has 38 heavy (non-hydrogen) atoms. The van der Waals surface area contributed by atoms with Gasteiger partial charge in [0.05, 0.1) is 11.0 Å². The fourth-order valence-electron chi connectivity index (χ4n) is 9.42. The van der Waals surface area contributed by atoms with Crippen molar-refractivity contribution in [2.75, 3.05) is 0 Å². The summed E-state index contributed by atoms with van der Waals surface area (Å²) in [6.45, 7) is 0. The molecule has 2 saturated heterocycles. The smallest absolute Gasteiger partial charge is 0.321 e. The topological polar surface area (TPSA) is 95.7 Å². The summed E-state index contributed by atoms with van der Waals surface area (Å²) in [6.07, 6.45) is 16.8. The second-order valence-electron chi connectivity index (χ2n) is 13.0. The van der Waals surface area contributed by atoms with Crippen molar-refractivity contribution in [3.63, 3.8) is 0 Å². The van der Waals surface area contributed by atoms with Crippen LogP contribution in [0.15, 0.2) is 34.9 Å². The van der Waals surface area contributed by atoms with Crippen LogP contribution in [0.5, 0.6) is 0 Å². The quantitative estimate of drug-likeness (QED) is 0.485. The predicted molar refractivity (Wildman–Crippen MR) is 149 cm³/mol. The number of nitrogens with zero attached hydrogens (tertiary/aromatic N) is 3. The molecule has 6 fully saturated rings. The maximum Gasteiger partial charge on any atom is 0.349 e. The van der Waals surface area contributed by atoms with Gasteiger partial charge in [0.25, 0.3) is 5.56 Å². The number of hydrogen-bond acceptors (Lipinski definition) is 4. The zero-order chi connectivity index (χ0) is 26.0. The Balaban J connectivity index is 1.22. The van der Waals surface area contributed by atoms with E-state index < -0.39 is 7.60 Å². The van der Waals surface area contributed by atoms with Crippen LogP contribution in [0.3, 0.4) is 0 Å². The Labute approximate surface area is 224 Å². The zero-order valence-electron chi connectivity index (χ0n) is 22.1. The van der Waals surface area contributed by atoms with E-state index in [0.29, 0.717) is 23.6 Å². The Morgan fingerprint density at radius 1 is 0.842 bits per heavy atom. The molecule has 0 radical (unpaired) electrons. The van der Waals surface area contributed by atoms with Crippen molar-refractivity contribution in [2.45, 2.75) is 101 Å². The second-order valence-corrected chi connectivity index (χ2v) is 14.4. The Hall–Kier alpha value is -1.79. The molecular weight excluding hydrogens is 497 g/mol. The predicted octanol–water partition coefficient (Wildman–Crippen LogP) is 5.71. The van der Waals surface area contributed by atoms with Crippen LogP contribution in [0, 0.1) is 23.7 Å². The van der Waals surface area contributed by atoms with Crippen LogP contribution in [-0.2, 0) is 4.57 Å². The molecule has 1 aromatic heterocycles. The third-order valence-corrected chi connectivity index (χ3v) is 11.4. The molecule has 2 aliphatic heterocycles. The number of fused-ring (bicyclic) bond motifs is 6. The summed E-state index contributed by atoms with van der Waals surface area (Å²) in [5.41, 5.74) is 1.37. The van der Waals surface area contributed by atoms with Crippen LogP contribution in [-0.4, -0.2) is 42.4 Å². The lowest BCUT2D eigenvalue weighted by atomic mass is 9.58. The van der Waals surface area contributed by atoms with Gasteiger partial charge in [-0.2, -0.15) is 0 Å². The van der Waals surface area contributed by atoms with Gasteiger partial charge in [-0.3, -0.25) is 14.3 Å². The lowest BCUT2D eigenvalue weighted by molar-refractivity contribution is -0.0630. The molecule has 3 heterocycles. The minimum Gasteiger partial charge on any atom is -0.321 e. The molecule has 204 valence electrons. The molecule has 7 nitrogen and oxygen atoms in total. The molecule has 0 spiro atoms. The molecule has 7 atom stereocenters. The first-order chi connectivity index (χ1) is 18.3. The van der Waals surface area contributed by atoms with Crippen LogP contribution in [0.4, 0.5) is 0 Å². The van der Waals surface area contributed by atoms with E-state index in [2.05, 4.69) is 9.88 Å². The third-order valence-electron chi connectivity index (χ3n) is 10.8. The zero-order valence-corrected chi connectivity index (χ0v) is 23.0. The van der Waals surface area contributed by atoms with Crippen molar-refractivity contribution >= 4 is 24.7 Å². The summed E-state index contributed by atoms with van der Waals surface area (Å²) in [5, 5.41) is 0. The van der Waals surface area contributed by atoms with Crippen LogP contribution in [0.25, 0.3) is 17.1 Å². The van der Waals surface area contributed by atoms with Crippen molar-refractivity contribution in [3.8, 4) is 0 Å². The first-order valence-corrected chi connectivity index (χ1v) is 16.6. The molecule has 1 aromatic carbocycles. The highest BCUT2D eigenvalue weighted by atomic mass is 31.2. The lowest BCUT2D eigenvalue weighted by Gasteiger charge is -2.56. The van der Waals surface area contributed by atoms with E-state index in [0.717, 1.165) is 47.8 Å². The van der Waals surface area contributed by atoms with Gasteiger partial charge in [-0.15, -0.1) is 0 Å². The van der Waals surface area contributed by atoms with Crippen LogP contribution in [0.1, 0.15) is 88.8 Å². The molecule has 2 aromatic rings. The second kappa shape index (κ2) is 9.69. The summed E-state index contributed by atoms with van der Waals surface area (Å²) in [5.74, 6) is 4.62. The summed E-state index contributed by atoms with van der Waals surface area (Å²) < 4.78 is 13.4. The Morgan fingerprint density at radius 3 is 2.37 bits per heavy atom. The van der Waals surface area contributed by atoms with Gasteiger partial charge >= 0.3 is 7.60 Å². The number of rotatable bonds is 4. The highest BCUT2D eigenvalue weighted by molar-refractivity contribution is 7.55. The first-order valence-electron chi connectivity index (χ1n) is 14.9. The number of benzene rings is 1. The normalized spacial score (nSPS) is 37.5. The molecule has 4 saturated carbocycles. The summed E-state index contributed by atoms with van der Waals surface area (Å²) >= 11 is 0. The summed E-state index contributed by atoms with van der Waals surface area (Å²) in [7, 11) is -4.39. The van der Waals surface area contributed by atoms with Crippen molar-refractivity contribution in [1.29, 1.82) is 0 Å². The highest BCUT2D eigenvalue weighted by Gasteiger charge is 2.50. The van der Waals surface area contributed by atoms with Gasteiger partial charge in [0.2, 0.25) is 0 Å². The van der Waals surface area contributed by atoms with E-state index in [-0.39, 0.29) is 17.3 Å². The molecule has 4 aliphatic carbocycles. The summed E-state index contributed by atoms with van der Waals surface area (Å²) in [4.78, 5) is 39.9. The van der Waals surface area contributed by atoms with E-state index in [9.17, 15) is 19.1 Å². The monoisotopic (exact) mass is 537 g/mol. The molecule has 8 heteroatoms. The fraction of sp³-hybridized carbons (Fsp3) is 0.667. The van der Waals surface area contributed by atoms with Crippen molar-refractivity contribution in [3.05, 3.63) is 46.1 Å². The number of para-hydroxylation sites is 2. The molecule has 6 bridgehead atoms. The van der Waals surface area contributed by atoms with E-state index in [1.807, 2.05) is 28.8 Å². The fourth-order valence-corrected chi connectivity index (χ4v) is 9.76. The largest absolute Gasteiger partial charge is 0.349 e. The summed E-state index contributed by atoms with van der Waals surface area (Å²) in [6, 6.07) is 9.45. The average molecular weight is 538 g/mol. The number of hydrogen-bond donors (Lipinski definition) is 2. The highest BCUT2D eigenvalue weighted by Crippen LogP contribution is 2.56. The third kappa shape index (κ3) is 4.54. The van der Waals surface area contributed by atoms with E-state index in [1.54, 1.807) is 0 Å². The van der Waals surface area contributed by atoms with E-state index in [1.165, 1.54) is 70.3 Å². The number of aromatic nitrogens is 2. The van der Waals surface area contributed by atoms with Gasteiger partial charge in [-0.1, -0.05) is 31.4 Å². The van der Waals surface area contributed by atoms with Crippen molar-refractivity contribution < 1.29 is 14.4 Å². The maximum atomic E-state index is 13.7.